The van der Waals surface area contributed by atoms with Gasteiger partial charge in [-0.05, 0) is 48.5 Å². The number of anilines is 2. The maximum Gasteiger partial charge on any atom is 0.282 e. The molecule has 0 spiro atoms. The predicted octanol–water partition coefficient (Wildman–Crippen LogP) is 5.38. The molecule has 1 N–H and O–H groups in total. The van der Waals surface area contributed by atoms with E-state index in [2.05, 4.69) is 10.3 Å². The lowest BCUT2D eigenvalue weighted by atomic mass is 10.1. The molecule has 1 aromatic heterocycles. The number of ether oxygens (including phenoxy) is 2. The van der Waals surface area contributed by atoms with E-state index < -0.39 is 0 Å². The Balaban J connectivity index is 1.43. The molecule has 184 valence electrons. The van der Waals surface area contributed by atoms with Crippen LogP contribution < -0.4 is 19.7 Å². The maximum absolute atomic E-state index is 13.4. The molecule has 37 heavy (non-hydrogen) atoms. The minimum atomic E-state index is -0.332. The number of aliphatic imine (C=N–C) groups is 1. The molecule has 1 aliphatic rings. The van der Waals surface area contributed by atoms with Gasteiger partial charge in [-0.15, -0.1) is 0 Å². The summed E-state index contributed by atoms with van der Waals surface area (Å²) >= 11 is 0. The number of rotatable bonds is 7. The van der Waals surface area contributed by atoms with Gasteiger partial charge in [0.05, 0.1) is 31.9 Å². The average Bonchev–Trinajstić information content (AvgIpc) is 3.57. The minimum Gasteiger partial charge on any atom is -0.497 e. The standard InChI is InChI=1S/C29H23N3O5/c1-35-22-14-15-26(36-2)24(17-22)31-28(33)20-10-12-21(13-11-20)32-27(19-7-4-3-5-8-19)30-25(29(32)34)18-23-9-6-16-37-23/h3-18H,1-2H3,(H,31,33)/b25-18-. The number of amidine groups is 1. The van der Waals surface area contributed by atoms with E-state index in [1.165, 1.54) is 18.3 Å². The summed E-state index contributed by atoms with van der Waals surface area (Å²) in [7, 11) is 3.08. The number of nitrogens with zero attached hydrogens (tertiary/aromatic N) is 2. The van der Waals surface area contributed by atoms with Crippen molar-refractivity contribution >= 4 is 35.1 Å². The highest BCUT2D eigenvalue weighted by Gasteiger charge is 2.32. The van der Waals surface area contributed by atoms with Crippen molar-refractivity contribution in [1.82, 2.24) is 0 Å². The Bertz CT molecular complexity index is 1490. The van der Waals surface area contributed by atoms with Crippen LogP contribution in [-0.4, -0.2) is 31.9 Å². The summed E-state index contributed by atoms with van der Waals surface area (Å²) in [6.45, 7) is 0. The quantitative estimate of drug-likeness (QED) is 0.349. The Kier molecular flexibility index (Phi) is 6.54. The van der Waals surface area contributed by atoms with Crippen LogP contribution in [0.1, 0.15) is 21.7 Å². The zero-order valence-corrected chi connectivity index (χ0v) is 20.2. The first kappa shape index (κ1) is 23.6. The average molecular weight is 494 g/mol. The Hall–Kier alpha value is -5.11. The third kappa shape index (κ3) is 4.85. The smallest absolute Gasteiger partial charge is 0.282 e. The third-order valence-electron chi connectivity index (χ3n) is 5.76. The van der Waals surface area contributed by atoms with E-state index >= 15 is 0 Å². The van der Waals surface area contributed by atoms with Crippen LogP contribution in [0, 0.1) is 0 Å². The SMILES string of the molecule is COc1ccc(OC)c(NC(=O)c2ccc(N3C(=O)/C(=C/c4ccco4)N=C3c3ccccc3)cc2)c1. The van der Waals surface area contributed by atoms with Gasteiger partial charge in [0, 0.05) is 23.3 Å². The lowest BCUT2D eigenvalue weighted by Crippen LogP contribution is -2.32. The summed E-state index contributed by atoms with van der Waals surface area (Å²) in [6, 6.07) is 24.8. The maximum atomic E-state index is 13.4. The summed E-state index contributed by atoms with van der Waals surface area (Å²) < 4.78 is 16.0. The molecule has 4 aromatic rings. The van der Waals surface area contributed by atoms with Crippen LogP contribution in [-0.2, 0) is 4.79 Å². The fraction of sp³-hybridized carbons (Fsp3) is 0.0690. The number of hydrogen-bond donors (Lipinski definition) is 1. The van der Waals surface area contributed by atoms with Crippen molar-refractivity contribution in [2.45, 2.75) is 0 Å². The number of carbonyl (C=O) groups excluding carboxylic acids is 2. The highest BCUT2D eigenvalue weighted by molar-refractivity contribution is 6.33. The molecular formula is C29H23N3O5. The number of carbonyl (C=O) groups is 2. The van der Waals surface area contributed by atoms with Gasteiger partial charge in [0.2, 0.25) is 0 Å². The van der Waals surface area contributed by atoms with Crippen LogP contribution in [0.3, 0.4) is 0 Å². The van der Waals surface area contributed by atoms with Gasteiger partial charge >= 0.3 is 0 Å². The summed E-state index contributed by atoms with van der Waals surface area (Å²) in [5.41, 5.74) is 2.50. The molecule has 0 saturated carbocycles. The molecule has 0 atom stereocenters. The lowest BCUT2D eigenvalue weighted by Gasteiger charge is -2.19. The Morgan fingerprint density at radius 3 is 2.41 bits per heavy atom. The van der Waals surface area contributed by atoms with E-state index in [9.17, 15) is 9.59 Å². The van der Waals surface area contributed by atoms with E-state index in [4.69, 9.17) is 13.9 Å². The second-order valence-electron chi connectivity index (χ2n) is 8.05. The van der Waals surface area contributed by atoms with Gasteiger partial charge in [0.15, 0.2) is 0 Å². The first-order valence-electron chi connectivity index (χ1n) is 11.4. The largest absolute Gasteiger partial charge is 0.497 e. The van der Waals surface area contributed by atoms with Gasteiger partial charge < -0.3 is 19.2 Å². The number of amides is 2. The normalized spacial score (nSPS) is 14.0. The molecular weight excluding hydrogens is 470 g/mol. The van der Waals surface area contributed by atoms with E-state index in [1.54, 1.807) is 67.8 Å². The zero-order chi connectivity index (χ0) is 25.8. The summed E-state index contributed by atoms with van der Waals surface area (Å²) in [5, 5.41) is 2.85. The van der Waals surface area contributed by atoms with Crippen LogP contribution in [0.15, 0.2) is 106 Å². The third-order valence-corrected chi connectivity index (χ3v) is 5.76. The van der Waals surface area contributed by atoms with Gasteiger partial charge in [-0.1, -0.05) is 30.3 Å². The van der Waals surface area contributed by atoms with Crippen molar-refractivity contribution in [2.75, 3.05) is 24.4 Å². The van der Waals surface area contributed by atoms with Crippen LogP contribution in [0.4, 0.5) is 11.4 Å². The minimum absolute atomic E-state index is 0.251. The number of benzene rings is 3. The predicted molar refractivity (Wildman–Crippen MR) is 141 cm³/mol. The number of nitrogens with one attached hydrogen (secondary N) is 1. The number of furan rings is 1. The van der Waals surface area contributed by atoms with E-state index in [0.29, 0.717) is 40.0 Å². The van der Waals surface area contributed by atoms with E-state index in [-0.39, 0.29) is 17.5 Å². The Morgan fingerprint density at radius 1 is 0.946 bits per heavy atom. The summed E-state index contributed by atoms with van der Waals surface area (Å²) in [4.78, 5) is 32.5. The topological polar surface area (TPSA) is 93.4 Å². The van der Waals surface area contributed by atoms with Gasteiger partial charge in [-0.3, -0.25) is 14.5 Å². The van der Waals surface area contributed by atoms with Crippen LogP contribution in [0.5, 0.6) is 11.5 Å². The molecule has 0 radical (unpaired) electrons. The molecule has 0 aliphatic carbocycles. The van der Waals surface area contributed by atoms with E-state index in [0.717, 1.165) is 5.56 Å². The molecule has 2 amide bonds. The van der Waals surface area contributed by atoms with Crippen molar-refractivity contribution in [1.29, 1.82) is 0 Å². The van der Waals surface area contributed by atoms with Gasteiger partial charge in [0.1, 0.15) is 28.8 Å². The molecule has 0 saturated heterocycles. The van der Waals surface area contributed by atoms with Crippen LogP contribution in [0.25, 0.3) is 6.08 Å². The molecule has 5 rings (SSSR count). The zero-order valence-electron chi connectivity index (χ0n) is 20.2. The van der Waals surface area contributed by atoms with Gasteiger partial charge in [-0.2, -0.15) is 0 Å². The monoisotopic (exact) mass is 493 g/mol. The van der Waals surface area contributed by atoms with Crippen LogP contribution >= 0.6 is 0 Å². The fourth-order valence-electron chi connectivity index (χ4n) is 3.91. The number of methoxy groups -OCH3 is 2. The molecule has 8 nitrogen and oxygen atoms in total. The van der Waals surface area contributed by atoms with Crippen molar-refractivity contribution in [2.24, 2.45) is 4.99 Å². The summed E-state index contributed by atoms with van der Waals surface area (Å²) in [5.74, 6) is 1.48. The molecule has 0 bridgehead atoms. The lowest BCUT2D eigenvalue weighted by molar-refractivity contribution is -0.113. The van der Waals surface area contributed by atoms with Gasteiger partial charge in [0.25, 0.3) is 11.8 Å². The first-order chi connectivity index (χ1) is 18.1. The molecule has 2 heterocycles. The molecule has 3 aromatic carbocycles. The van der Waals surface area contributed by atoms with Crippen molar-refractivity contribution in [3.8, 4) is 11.5 Å². The van der Waals surface area contributed by atoms with Gasteiger partial charge in [-0.25, -0.2) is 4.99 Å². The molecule has 0 fully saturated rings. The van der Waals surface area contributed by atoms with Crippen molar-refractivity contribution in [3.05, 3.63) is 114 Å². The van der Waals surface area contributed by atoms with Crippen molar-refractivity contribution < 1.29 is 23.5 Å². The molecule has 0 unspecified atom stereocenters. The Labute approximate surface area is 213 Å². The fourth-order valence-corrected chi connectivity index (χ4v) is 3.91. The highest BCUT2D eigenvalue weighted by Crippen LogP contribution is 2.31. The molecule has 8 heteroatoms. The first-order valence-corrected chi connectivity index (χ1v) is 11.4. The number of hydrogen-bond acceptors (Lipinski definition) is 6. The Morgan fingerprint density at radius 2 is 1.73 bits per heavy atom. The van der Waals surface area contributed by atoms with E-state index in [1.807, 2.05) is 30.3 Å². The second kappa shape index (κ2) is 10.2. The molecule has 1 aliphatic heterocycles. The summed E-state index contributed by atoms with van der Waals surface area (Å²) in [6.07, 6.45) is 3.14. The van der Waals surface area contributed by atoms with Crippen molar-refractivity contribution in [3.63, 3.8) is 0 Å². The van der Waals surface area contributed by atoms with Crippen LogP contribution in [0.2, 0.25) is 0 Å². The highest BCUT2D eigenvalue weighted by atomic mass is 16.5. The second-order valence-corrected chi connectivity index (χ2v) is 8.05.